The van der Waals surface area contributed by atoms with E-state index in [1.54, 1.807) is 13.2 Å². The molecule has 1 aliphatic rings. The lowest BCUT2D eigenvalue weighted by Crippen LogP contribution is -2.39. The number of rotatable bonds is 5. The van der Waals surface area contributed by atoms with Crippen molar-refractivity contribution >= 4 is 10.0 Å². The van der Waals surface area contributed by atoms with Crippen molar-refractivity contribution in [3.05, 3.63) is 11.8 Å². The zero-order valence-corrected chi connectivity index (χ0v) is 13.0. The number of sulfonamides is 1. The normalized spacial score (nSPS) is 24.5. The fourth-order valence-electron chi connectivity index (χ4n) is 2.77. The van der Waals surface area contributed by atoms with Crippen LogP contribution in [0.4, 0.5) is 0 Å². The van der Waals surface area contributed by atoms with Crippen LogP contribution in [0.25, 0.3) is 0 Å². The highest BCUT2D eigenvalue weighted by molar-refractivity contribution is 7.89. The van der Waals surface area contributed by atoms with Crippen molar-refractivity contribution in [1.29, 1.82) is 0 Å². The van der Waals surface area contributed by atoms with Gasteiger partial charge in [0.05, 0.1) is 6.20 Å². The fraction of sp³-hybridized carbons (Fsp3) is 0.769. The third-order valence-corrected chi connectivity index (χ3v) is 5.49. The quantitative estimate of drug-likeness (QED) is 0.717. The Balaban J connectivity index is 2.15. The highest BCUT2D eigenvalue weighted by Gasteiger charge is 2.28. The van der Waals surface area contributed by atoms with Crippen LogP contribution in [-0.2, 0) is 16.6 Å². The fourth-order valence-corrected chi connectivity index (χ4v) is 4.28. The van der Waals surface area contributed by atoms with Gasteiger partial charge in [-0.05, 0) is 25.8 Å². The average molecular weight is 300 g/mol. The zero-order chi connectivity index (χ0) is 14.6. The van der Waals surface area contributed by atoms with Gasteiger partial charge >= 0.3 is 0 Å². The van der Waals surface area contributed by atoms with Crippen molar-refractivity contribution in [2.45, 2.75) is 56.6 Å². The van der Waals surface area contributed by atoms with E-state index in [4.69, 9.17) is 0 Å². The molecule has 20 heavy (non-hydrogen) atoms. The molecule has 6 nitrogen and oxygen atoms in total. The minimum absolute atomic E-state index is 0.0215. The molecule has 3 N–H and O–H groups in total. The third-order valence-electron chi connectivity index (χ3n) is 3.98. The number of nitrogens with zero attached hydrogens (tertiary/aromatic N) is 1. The molecule has 114 valence electrons. The van der Waals surface area contributed by atoms with E-state index in [1.807, 2.05) is 0 Å². The monoisotopic (exact) mass is 300 g/mol. The summed E-state index contributed by atoms with van der Waals surface area (Å²) in [6.07, 6.45) is 7.02. The summed E-state index contributed by atoms with van der Waals surface area (Å²) in [6.45, 7) is 2.60. The number of hydrogen-bond acceptors (Lipinski definition) is 4. The van der Waals surface area contributed by atoms with Crippen molar-refractivity contribution in [2.24, 2.45) is 5.92 Å². The van der Waals surface area contributed by atoms with Crippen LogP contribution < -0.4 is 10.0 Å². The van der Waals surface area contributed by atoms with Crippen molar-refractivity contribution < 1.29 is 8.42 Å². The van der Waals surface area contributed by atoms with Crippen molar-refractivity contribution in [3.8, 4) is 0 Å². The average Bonchev–Trinajstić information content (AvgIpc) is 2.78. The van der Waals surface area contributed by atoms with E-state index in [9.17, 15) is 8.42 Å². The highest BCUT2D eigenvalue weighted by atomic mass is 32.2. The largest absolute Gasteiger partial charge is 0.316 e. The molecule has 0 aliphatic heterocycles. The second kappa shape index (κ2) is 6.69. The van der Waals surface area contributed by atoms with E-state index >= 15 is 0 Å². The van der Waals surface area contributed by atoms with Gasteiger partial charge in [0.15, 0.2) is 5.03 Å². The molecular formula is C13H24N4O2S. The van der Waals surface area contributed by atoms with Crippen molar-refractivity contribution in [1.82, 2.24) is 20.2 Å². The standard InChI is InChI=1S/C13H24N4O2S/c1-10-6-4-3-5-7-12(10)17-20(18,19)13-11(8-14-2)9-15-16-13/h9-10,12,14,17H,3-8H2,1-2H3,(H,15,16). The Bertz CT molecular complexity index is 526. The second-order valence-corrected chi connectivity index (χ2v) is 7.25. The Morgan fingerprint density at radius 2 is 2.10 bits per heavy atom. The third kappa shape index (κ3) is 3.59. The maximum atomic E-state index is 12.5. The highest BCUT2D eigenvalue weighted by Crippen LogP contribution is 2.24. The first-order valence-electron chi connectivity index (χ1n) is 7.24. The topological polar surface area (TPSA) is 86.9 Å². The summed E-state index contributed by atoms with van der Waals surface area (Å²) in [5.74, 6) is 0.378. The summed E-state index contributed by atoms with van der Waals surface area (Å²) in [7, 11) is -1.74. The SMILES string of the molecule is CNCc1cn[nH]c1S(=O)(=O)NC1CCCCCC1C. The first-order valence-corrected chi connectivity index (χ1v) is 8.72. The molecule has 1 heterocycles. The van der Waals surface area contributed by atoms with Gasteiger partial charge in [0, 0.05) is 18.2 Å². The van der Waals surface area contributed by atoms with Gasteiger partial charge in [-0.15, -0.1) is 0 Å². The second-order valence-electron chi connectivity index (χ2n) is 5.60. The summed E-state index contributed by atoms with van der Waals surface area (Å²) in [5.41, 5.74) is 0.668. The number of aromatic amines is 1. The van der Waals surface area contributed by atoms with E-state index in [0.29, 0.717) is 18.0 Å². The molecule has 1 aliphatic carbocycles. The van der Waals surface area contributed by atoms with E-state index < -0.39 is 10.0 Å². The maximum absolute atomic E-state index is 12.5. The number of aromatic nitrogens is 2. The molecule has 2 rings (SSSR count). The summed E-state index contributed by atoms with van der Waals surface area (Å²) in [4.78, 5) is 0. The Labute approximate surface area is 120 Å². The molecule has 0 saturated heterocycles. The van der Waals surface area contributed by atoms with Crippen LogP contribution in [0, 0.1) is 5.92 Å². The van der Waals surface area contributed by atoms with Gasteiger partial charge in [0.25, 0.3) is 10.0 Å². The van der Waals surface area contributed by atoms with Crippen LogP contribution in [0.15, 0.2) is 11.2 Å². The molecule has 1 aromatic heterocycles. The van der Waals surface area contributed by atoms with E-state index in [0.717, 1.165) is 19.3 Å². The van der Waals surface area contributed by atoms with Gasteiger partial charge in [-0.1, -0.05) is 26.2 Å². The van der Waals surface area contributed by atoms with Gasteiger partial charge in [0.2, 0.25) is 0 Å². The maximum Gasteiger partial charge on any atom is 0.258 e. The Morgan fingerprint density at radius 1 is 1.35 bits per heavy atom. The molecule has 1 aromatic rings. The Morgan fingerprint density at radius 3 is 2.85 bits per heavy atom. The number of nitrogens with one attached hydrogen (secondary N) is 3. The van der Waals surface area contributed by atoms with Gasteiger partial charge in [-0.25, -0.2) is 13.1 Å². The first-order chi connectivity index (χ1) is 9.54. The van der Waals surface area contributed by atoms with Crippen LogP contribution in [0.2, 0.25) is 0 Å². The summed E-state index contributed by atoms with van der Waals surface area (Å²) >= 11 is 0. The lowest BCUT2D eigenvalue weighted by atomic mass is 9.98. The summed E-state index contributed by atoms with van der Waals surface area (Å²) in [6, 6.07) is 0.0215. The smallest absolute Gasteiger partial charge is 0.258 e. The first kappa shape index (κ1) is 15.5. The lowest BCUT2D eigenvalue weighted by Gasteiger charge is -2.22. The number of hydrogen-bond donors (Lipinski definition) is 3. The predicted octanol–water partition coefficient (Wildman–Crippen LogP) is 1.38. The molecule has 2 atom stereocenters. The number of H-pyrrole nitrogens is 1. The molecule has 2 unspecified atom stereocenters. The molecule has 0 radical (unpaired) electrons. The van der Waals surface area contributed by atoms with Crippen molar-refractivity contribution in [2.75, 3.05) is 7.05 Å². The summed E-state index contributed by atoms with van der Waals surface area (Å²) < 4.78 is 27.9. The van der Waals surface area contributed by atoms with Crippen LogP contribution in [0.5, 0.6) is 0 Å². The predicted molar refractivity (Wildman–Crippen MR) is 77.7 cm³/mol. The van der Waals surface area contributed by atoms with Gasteiger partial charge in [0.1, 0.15) is 0 Å². The van der Waals surface area contributed by atoms with Crippen molar-refractivity contribution in [3.63, 3.8) is 0 Å². The van der Waals surface area contributed by atoms with E-state index in [-0.39, 0.29) is 11.1 Å². The van der Waals surface area contributed by atoms with Crippen LogP contribution in [0.3, 0.4) is 0 Å². The van der Waals surface area contributed by atoms with Gasteiger partial charge in [-0.2, -0.15) is 5.10 Å². The van der Waals surface area contributed by atoms with Gasteiger partial charge in [-0.3, -0.25) is 5.10 Å². The summed E-state index contributed by atoms with van der Waals surface area (Å²) in [5, 5.41) is 9.60. The van der Waals surface area contributed by atoms with Gasteiger partial charge < -0.3 is 5.32 Å². The van der Waals surface area contributed by atoms with Crippen LogP contribution in [0.1, 0.15) is 44.6 Å². The lowest BCUT2D eigenvalue weighted by molar-refractivity contribution is 0.399. The zero-order valence-electron chi connectivity index (χ0n) is 12.1. The Hall–Kier alpha value is -0.920. The molecule has 0 bridgehead atoms. The van der Waals surface area contributed by atoms with Crippen LogP contribution >= 0.6 is 0 Å². The molecule has 1 fully saturated rings. The molecule has 7 heteroatoms. The van der Waals surface area contributed by atoms with Crippen LogP contribution in [-0.4, -0.2) is 31.7 Å². The van der Waals surface area contributed by atoms with E-state index in [2.05, 4.69) is 27.2 Å². The molecule has 1 saturated carbocycles. The molecule has 0 spiro atoms. The molecule has 0 amide bonds. The minimum atomic E-state index is -3.53. The van der Waals surface area contributed by atoms with E-state index in [1.165, 1.54) is 12.8 Å². The minimum Gasteiger partial charge on any atom is -0.316 e. The Kier molecular flexibility index (Phi) is 5.17. The molecular weight excluding hydrogens is 276 g/mol. The molecule has 0 aromatic carbocycles.